The molecular weight excluding hydrogens is 426 g/mol. The van der Waals surface area contributed by atoms with Crippen molar-refractivity contribution in [3.63, 3.8) is 0 Å². The number of aryl methyl sites for hydroxylation is 3. The fourth-order valence-electron chi connectivity index (χ4n) is 4.30. The first-order chi connectivity index (χ1) is 16.5. The summed E-state index contributed by atoms with van der Waals surface area (Å²) in [4.78, 5) is 24.1. The molecule has 1 aromatic heterocycles. The number of aldehydes is 2. The third kappa shape index (κ3) is 8.99. The van der Waals surface area contributed by atoms with Crippen LogP contribution in [0.4, 0.5) is 0 Å². The summed E-state index contributed by atoms with van der Waals surface area (Å²) in [5, 5.41) is 7.58. The quantitative estimate of drug-likeness (QED) is 0.250. The summed E-state index contributed by atoms with van der Waals surface area (Å²) in [6.07, 6.45) is 11.3. The SMILES string of the molecule is C=Cc1ccc(CCCNCCCCCc2c(C)noc2C)cc1CN(C)C(C=O)CCC=O. The molecule has 6 nitrogen and oxygen atoms in total. The van der Waals surface area contributed by atoms with Gasteiger partial charge in [-0.1, -0.05) is 42.4 Å². The van der Waals surface area contributed by atoms with Crippen LogP contribution in [-0.4, -0.2) is 48.8 Å². The molecule has 0 radical (unpaired) electrons. The number of carbonyl (C=O) groups is 2. The molecule has 6 heteroatoms. The topological polar surface area (TPSA) is 75.4 Å². The molecule has 1 aromatic carbocycles. The van der Waals surface area contributed by atoms with Crippen LogP contribution in [0.1, 0.15) is 72.2 Å². The van der Waals surface area contributed by atoms with Gasteiger partial charge >= 0.3 is 0 Å². The molecule has 0 bridgehead atoms. The highest BCUT2D eigenvalue weighted by Crippen LogP contribution is 2.18. The van der Waals surface area contributed by atoms with Crippen molar-refractivity contribution >= 4 is 18.6 Å². The molecule has 0 saturated carbocycles. The molecule has 0 aliphatic rings. The zero-order valence-electron chi connectivity index (χ0n) is 21.1. The fourth-order valence-corrected chi connectivity index (χ4v) is 4.30. The number of likely N-dealkylation sites (N-methyl/N-ethyl adjacent to an activating group) is 1. The van der Waals surface area contributed by atoms with E-state index in [0.29, 0.717) is 19.4 Å². The van der Waals surface area contributed by atoms with Gasteiger partial charge in [-0.2, -0.15) is 0 Å². The summed E-state index contributed by atoms with van der Waals surface area (Å²) in [7, 11) is 1.93. The normalized spacial score (nSPS) is 12.1. The Hall–Kier alpha value is -2.57. The van der Waals surface area contributed by atoms with Crippen molar-refractivity contribution < 1.29 is 14.1 Å². The second-order valence-electron chi connectivity index (χ2n) is 9.07. The van der Waals surface area contributed by atoms with E-state index < -0.39 is 0 Å². The average molecular weight is 468 g/mol. The van der Waals surface area contributed by atoms with Gasteiger partial charge in [-0.05, 0) is 89.2 Å². The summed E-state index contributed by atoms with van der Waals surface area (Å²) in [6, 6.07) is 6.25. The van der Waals surface area contributed by atoms with Gasteiger partial charge in [0.15, 0.2) is 0 Å². The average Bonchev–Trinajstić information content (AvgIpc) is 3.15. The number of carbonyl (C=O) groups excluding carboxylic acids is 2. The van der Waals surface area contributed by atoms with Gasteiger partial charge in [0, 0.05) is 18.5 Å². The second-order valence-corrected chi connectivity index (χ2v) is 9.07. The smallest absolute Gasteiger partial charge is 0.137 e. The number of unbranched alkanes of at least 4 members (excludes halogenated alkanes) is 2. The van der Waals surface area contributed by atoms with Crippen LogP contribution < -0.4 is 5.32 Å². The van der Waals surface area contributed by atoms with Crippen LogP contribution in [-0.2, 0) is 29.0 Å². The zero-order chi connectivity index (χ0) is 24.8. The number of nitrogens with zero attached hydrogens (tertiary/aromatic N) is 2. The monoisotopic (exact) mass is 467 g/mol. The maximum absolute atomic E-state index is 11.4. The Morgan fingerprint density at radius 3 is 2.59 bits per heavy atom. The first-order valence-electron chi connectivity index (χ1n) is 12.5. The summed E-state index contributed by atoms with van der Waals surface area (Å²) < 4.78 is 5.23. The van der Waals surface area contributed by atoms with Crippen molar-refractivity contribution in [3.05, 3.63) is 58.5 Å². The second kappa shape index (κ2) is 15.4. The lowest BCUT2D eigenvalue weighted by Crippen LogP contribution is -2.32. The van der Waals surface area contributed by atoms with Gasteiger partial charge < -0.3 is 19.4 Å². The van der Waals surface area contributed by atoms with Gasteiger partial charge in [0.25, 0.3) is 0 Å². The molecule has 0 saturated heterocycles. The molecule has 1 atom stereocenters. The van der Waals surface area contributed by atoms with Crippen molar-refractivity contribution in [3.8, 4) is 0 Å². The Kier molecular flexibility index (Phi) is 12.5. The van der Waals surface area contributed by atoms with Gasteiger partial charge in [-0.15, -0.1) is 0 Å². The highest BCUT2D eigenvalue weighted by atomic mass is 16.5. The van der Waals surface area contributed by atoms with E-state index in [1.54, 1.807) is 0 Å². The molecular formula is C28H41N3O3. The molecule has 0 aliphatic heterocycles. The third-order valence-electron chi connectivity index (χ3n) is 6.43. The number of aromatic nitrogens is 1. The lowest BCUT2D eigenvalue weighted by Gasteiger charge is -2.24. The Bertz CT molecular complexity index is 887. The maximum Gasteiger partial charge on any atom is 0.137 e. The summed E-state index contributed by atoms with van der Waals surface area (Å²) in [6.45, 7) is 10.6. The Morgan fingerprint density at radius 2 is 1.91 bits per heavy atom. The molecule has 1 unspecified atom stereocenters. The van der Waals surface area contributed by atoms with Crippen molar-refractivity contribution in [2.45, 2.75) is 77.8 Å². The molecule has 0 aliphatic carbocycles. The number of nitrogens with one attached hydrogen (secondary N) is 1. The largest absolute Gasteiger partial charge is 0.361 e. The molecule has 0 fully saturated rings. The number of hydrogen-bond acceptors (Lipinski definition) is 6. The van der Waals surface area contributed by atoms with E-state index >= 15 is 0 Å². The van der Waals surface area contributed by atoms with Crippen LogP contribution in [0.15, 0.2) is 29.3 Å². The van der Waals surface area contributed by atoms with E-state index in [4.69, 9.17) is 4.52 Å². The van der Waals surface area contributed by atoms with Gasteiger partial charge in [0.2, 0.25) is 0 Å². The van der Waals surface area contributed by atoms with E-state index in [1.807, 2.05) is 31.9 Å². The molecule has 186 valence electrons. The third-order valence-corrected chi connectivity index (χ3v) is 6.43. The van der Waals surface area contributed by atoms with Crippen LogP contribution in [0, 0.1) is 13.8 Å². The summed E-state index contributed by atoms with van der Waals surface area (Å²) >= 11 is 0. The maximum atomic E-state index is 11.4. The fraction of sp³-hybridized carbons (Fsp3) is 0.536. The molecule has 0 amide bonds. The van der Waals surface area contributed by atoms with Crippen molar-refractivity contribution in [2.24, 2.45) is 0 Å². The van der Waals surface area contributed by atoms with Crippen molar-refractivity contribution in [1.29, 1.82) is 0 Å². The first-order valence-corrected chi connectivity index (χ1v) is 12.5. The number of rotatable bonds is 18. The zero-order valence-corrected chi connectivity index (χ0v) is 21.1. The van der Waals surface area contributed by atoms with Crippen molar-refractivity contribution in [2.75, 3.05) is 20.1 Å². The van der Waals surface area contributed by atoms with E-state index in [-0.39, 0.29) is 6.04 Å². The van der Waals surface area contributed by atoms with Crippen LogP contribution in [0.3, 0.4) is 0 Å². The number of benzene rings is 1. The van der Waals surface area contributed by atoms with E-state index in [2.05, 4.69) is 35.3 Å². The highest BCUT2D eigenvalue weighted by Gasteiger charge is 2.15. The predicted molar refractivity (Wildman–Crippen MR) is 138 cm³/mol. The molecule has 1 N–H and O–H groups in total. The lowest BCUT2D eigenvalue weighted by molar-refractivity contribution is -0.113. The minimum Gasteiger partial charge on any atom is -0.361 e. The minimum absolute atomic E-state index is 0.250. The Balaban J connectivity index is 1.69. The molecule has 2 aromatic rings. The molecule has 1 heterocycles. The van der Waals surface area contributed by atoms with Gasteiger partial charge in [-0.25, -0.2) is 0 Å². The van der Waals surface area contributed by atoms with Crippen molar-refractivity contribution in [1.82, 2.24) is 15.4 Å². The summed E-state index contributed by atoms with van der Waals surface area (Å²) in [5.74, 6) is 0.952. The number of hydrogen-bond donors (Lipinski definition) is 1. The van der Waals surface area contributed by atoms with Gasteiger partial charge in [0.1, 0.15) is 18.3 Å². The van der Waals surface area contributed by atoms with Gasteiger partial charge in [-0.3, -0.25) is 4.90 Å². The predicted octanol–water partition coefficient (Wildman–Crippen LogP) is 4.85. The highest BCUT2D eigenvalue weighted by molar-refractivity contribution is 5.59. The lowest BCUT2D eigenvalue weighted by atomic mass is 10.00. The Morgan fingerprint density at radius 1 is 1.12 bits per heavy atom. The van der Waals surface area contributed by atoms with Crippen LogP contribution in [0.2, 0.25) is 0 Å². The van der Waals surface area contributed by atoms with Gasteiger partial charge in [0.05, 0.1) is 11.7 Å². The van der Waals surface area contributed by atoms with Crippen LogP contribution in [0.5, 0.6) is 0 Å². The Labute approximate surface area is 204 Å². The van der Waals surface area contributed by atoms with Crippen LogP contribution in [0.25, 0.3) is 6.08 Å². The standard InChI is InChI=1S/C28H41N3O3/c1-5-25-15-14-24(19-26(25)20-31(4)27(21-33)12-10-18-32)11-9-17-29-16-8-6-7-13-28-22(2)30-34-23(28)3/h5,14-15,18-19,21,27,29H,1,6-13,16-17,20H2,2-4H3. The molecule has 34 heavy (non-hydrogen) atoms. The van der Waals surface area contributed by atoms with E-state index in [1.165, 1.54) is 29.5 Å². The van der Waals surface area contributed by atoms with E-state index in [0.717, 1.165) is 68.4 Å². The minimum atomic E-state index is -0.250. The molecule has 0 spiro atoms. The van der Waals surface area contributed by atoms with Crippen LogP contribution >= 0.6 is 0 Å². The summed E-state index contributed by atoms with van der Waals surface area (Å²) in [5.41, 5.74) is 5.84. The van der Waals surface area contributed by atoms with E-state index in [9.17, 15) is 9.59 Å². The molecule has 2 rings (SSSR count). The first kappa shape index (κ1) is 27.7.